The second-order valence-electron chi connectivity index (χ2n) is 5.66. The Bertz CT molecular complexity index is 638. The molecule has 1 aromatic carbocycles. The highest BCUT2D eigenvalue weighted by Crippen LogP contribution is 2.19. The van der Waals surface area contributed by atoms with Gasteiger partial charge in [-0.05, 0) is 31.4 Å². The summed E-state index contributed by atoms with van der Waals surface area (Å²) in [6.07, 6.45) is 0.561. The Kier molecular flexibility index (Phi) is 4.91. The molecule has 21 heavy (non-hydrogen) atoms. The third kappa shape index (κ3) is 3.58. The molecular weight excluding hydrogens is 264 g/mol. The van der Waals surface area contributed by atoms with E-state index in [0.29, 0.717) is 12.0 Å². The van der Waals surface area contributed by atoms with Crippen molar-refractivity contribution in [2.75, 3.05) is 6.61 Å². The zero-order valence-corrected chi connectivity index (χ0v) is 12.8. The van der Waals surface area contributed by atoms with Crippen LogP contribution in [0.3, 0.4) is 0 Å². The number of pyridine rings is 1. The van der Waals surface area contributed by atoms with Crippen LogP contribution in [0.25, 0.3) is 10.9 Å². The van der Waals surface area contributed by atoms with Crippen LogP contribution >= 0.6 is 0 Å². The quantitative estimate of drug-likeness (QED) is 0.888. The smallest absolute Gasteiger partial charge is 0.252 e. The van der Waals surface area contributed by atoms with Crippen molar-refractivity contribution in [1.29, 1.82) is 0 Å². The van der Waals surface area contributed by atoms with E-state index in [1.54, 1.807) is 0 Å². The standard InChI is InChI=1S/C17H22N2O2/c1-11(2)15(8-9-20)19-17(21)14-10-12(3)18-16-7-5-4-6-13(14)16/h4-7,10-11,15,20H,8-9H2,1-3H3,(H,19,21). The lowest BCUT2D eigenvalue weighted by Crippen LogP contribution is -2.39. The molecule has 4 heteroatoms. The third-order valence-electron chi connectivity index (χ3n) is 3.65. The van der Waals surface area contributed by atoms with Crippen LogP contribution in [-0.4, -0.2) is 28.6 Å². The predicted molar refractivity (Wildman–Crippen MR) is 84.3 cm³/mol. The van der Waals surface area contributed by atoms with E-state index in [1.807, 2.05) is 51.1 Å². The van der Waals surface area contributed by atoms with Crippen LogP contribution < -0.4 is 5.32 Å². The molecule has 2 N–H and O–H groups in total. The summed E-state index contributed by atoms with van der Waals surface area (Å²) in [6, 6.07) is 9.42. The van der Waals surface area contributed by atoms with E-state index in [4.69, 9.17) is 5.11 Å². The number of aromatic nitrogens is 1. The van der Waals surface area contributed by atoms with Crippen molar-refractivity contribution in [3.63, 3.8) is 0 Å². The molecular formula is C17H22N2O2. The molecule has 1 amide bonds. The predicted octanol–water partition coefficient (Wildman–Crippen LogP) is 2.68. The van der Waals surface area contributed by atoms with Crippen LogP contribution in [0.15, 0.2) is 30.3 Å². The molecule has 0 radical (unpaired) electrons. The molecule has 0 saturated carbocycles. The Morgan fingerprint density at radius 3 is 2.71 bits per heavy atom. The highest BCUT2D eigenvalue weighted by atomic mass is 16.3. The number of aliphatic hydroxyl groups excluding tert-OH is 1. The summed E-state index contributed by atoms with van der Waals surface area (Å²) >= 11 is 0. The average molecular weight is 286 g/mol. The van der Waals surface area contributed by atoms with Gasteiger partial charge in [-0.15, -0.1) is 0 Å². The number of amides is 1. The van der Waals surface area contributed by atoms with Crippen LogP contribution in [-0.2, 0) is 0 Å². The van der Waals surface area contributed by atoms with Gasteiger partial charge in [0.25, 0.3) is 5.91 Å². The van der Waals surface area contributed by atoms with Gasteiger partial charge in [0.1, 0.15) is 0 Å². The summed E-state index contributed by atoms with van der Waals surface area (Å²) in [5, 5.41) is 13.0. The molecule has 4 nitrogen and oxygen atoms in total. The van der Waals surface area contributed by atoms with Crippen LogP contribution in [0.4, 0.5) is 0 Å². The third-order valence-corrected chi connectivity index (χ3v) is 3.65. The number of carbonyl (C=O) groups excluding carboxylic acids is 1. The molecule has 0 aliphatic rings. The van der Waals surface area contributed by atoms with Gasteiger partial charge >= 0.3 is 0 Å². The second-order valence-corrected chi connectivity index (χ2v) is 5.66. The molecule has 112 valence electrons. The van der Waals surface area contributed by atoms with Crippen molar-refractivity contribution < 1.29 is 9.90 Å². The Morgan fingerprint density at radius 2 is 2.05 bits per heavy atom. The fourth-order valence-corrected chi connectivity index (χ4v) is 2.45. The van der Waals surface area contributed by atoms with Crippen LogP contribution in [0.5, 0.6) is 0 Å². The van der Waals surface area contributed by atoms with E-state index in [2.05, 4.69) is 10.3 Å². The van der Waals surface area contributed by atoms with Crippen molar-refractivity contribution in [2.45, 2.75) is 33.2 Å². The first-order valence-electron chi connectivity index (χ1n) is 7.31. The zero-order chi connectivity index (χ0) is 15.4. The highest BCUT2D eigenvalue weighted by molar-refractivity contribution is 6.06. The topological polar surface area (TPSA) is 62.2 Å². The fraction of sp³-hybridized carbons (Fsp3) is 0.412. The van der Waals surface area contributed by atoms with E-state index in [1.165, 1.54) is 0 Å². The van der Waals surface area contributed by atoms with Crippen molar-refractivity contribution in [2.24, 2.45) is 5.92 Å². The molecule has 2 rings (SSSR count). The molecule has 1 unspecified atom stereocenters. The molecule has 0 spiro atoms. The van der Waals surface area contributed by atoms with Gasteiger partial charge in [-0.2, -0.15) is 0 Å². The second kappa shape index (κ2) is 6.68. The van der Waals surface area contributed by atoms with E-state index in [-0.39, 0.29) is 24.5 Å². The highest BCUT2D eigenvalue weighted by Gasteiger charge is 2.18. The molecule has 0 fully saturated rings. The summed E-state index contributed by atoms with van der Waals surface area (Å²) < 4.78 is 0. The van der Waals surface area contributed by atoms with Crippen molar-refractivity contribution >= 4 is 16.8 Å². The number of benzene rings is 1. The minimum Gasteiger partial charge on any atom is -0.396 e. The number of para-hydroxylation sites is 1. The van der Waals surface area contributed by atoms with Crippen LogP contribution in [0, 0.1) is 12.8 Å². The van der Waals surface area contributed by atoms with Gasteiger partial charge in [0.05, 0.1) is 11.1 Å². The van der Waals surface area contributed by atoms with Gasteiger partial charge < -0.3 is 10.4 Å². The number of hydrogen-bond acceptors (Lipinski definition) is 3. The number of hydrogen-bond donors (Lipinski definition) is 2. The first kappa shape index (κ1) is 15.4. The van der Waals surface area contributed by atoms with Gasteiger partial charge in [-0.1, -0.05) is 32.0 Å². The van der Waals surface area contributed by atoms with Gasteiger partial charge in [0.15, 0.2) is 0 Å². The lowest BCUT2D eigenvalue weighted by atomic mass is 10.00. The first-order valence-corrected chi connectivity index (χ1v) is 7.31. The van der Waals surface area contributed by atoms with Crippen LogP contribution in [0.2, 0.25) is 0 Å². The number of fused-ring (bicyclic) bond motifs is 1. The minimum atomic E-state index is -0.108. The molecule has 0 saturated heterocycles. The Balaban J connectivity index is 2.34. The maximum Gasteiger partial charge on any atom is 0.252 e. The largest absolute Gasteiger partial charge is 0.396 e. The Morgan fingerprint density at radius 1 is 1.33 bits per heavy atom. The van der Waals surface area contributed by atoms with E-state index < -0.39 is 0 Å². The SMILES string of the molecule is Cc1cc(C(=O)NC(CCO)C(C)C)c2ccccc2n1. The van der Waals surface area contributed by atoms with Gasteiger partial charge in [-0.25, -0.2) is 0 Å². The van der Waals surface area contributed by atoms with Crippen LogP contribution in [0.1, 0.15) is 36.3 Å². The maximum absolute atomic E-state index is 12.6. The fourth-order valence-electron chi connectivity index (χ4n) is 2.45. The van der Waals surface area contributed by atoms with Gasteiger partial charge in [0, 0.05) is 23.7 Å². The minimum absolute atomic E-state index is 0.0327. The number of aryl methyl sites for hydroxylation is 1. The normalized spacial score (nSPS) is 12.6. The van der Waals surface area contributed by atoms with Gasteiger partial charge in [-0.3, -0.25) is 9.78 Å². The summed E-state index contributed by atoms with van der Waals surface area (Å²) in [5.74, 6) is 0.166. The van der Waals surface area contributed by atoms with E-state index >= 15 is 0 Å². The number of carbonyl (C=O) groups is 1. The molecule has 0 aliphatic carbocycles. The number of aliphatic hydroxyl groups is 1. The van der Waals surface area contributed by atoms with Gasteiger partial charge in [0.2, 0.25) is 0 Å². The monoisotopic (exact) mass is 286 g/mol. The summed E-state index contributed by atoms with van der Waals surface area (Å²) in [7, 11) is 0. The van der Waals surface area contributed by atoms with Crippen molar-refractivity contribution in [3.05, 3.63) is 41.6 Å². The first-order chi connectivity index (χ1) is 10.0. The average Bonchev–Trinajstić information content (AvgIpc) is 2.45. The summed E-state index contributed by atoms with van der Waals surface area (Å²) in [6.45, 7) is 6.03. The van der Waals surface area contributed by atoms with E-state index in [9.17, 15) is 4.79 Å². The summed E-state index contributed by atoms with van der Waals surface area (Å²) in [5.41, 5.74) is 2.29. The Labute approximate surface area is 125 Å². The molecule has 1 aromatic heterocycles. The lowest BCUT2D eigenvalue weighted by molar-refractivity contribution is 0.0918. The summed E-state index contributed by atoms with van der Waals surface area (Å²) in [4.78, 5) is 17.0. The lowest BCUT2D eigenvalue weighted by Gasteiger charge is -2.22. The number of rotatable bonds is 5. The number of nitrogens with zero attached hydrogens (tertiary/aromatic N) is 1. The molecule has 0 aliphatic heterocycles. The Hall–Kier alpha value is -1.94. The number of nitrogens with one attached hydrogen (secondary N) is 1. The van der Waals surface area contributed by atoms with E-state index in [0.717, 1.165) is 16.6 Å². The maximum atomic E-state index is 12.6. The molecule has 1 heterocycles. The molecule has 2 aromatic rings. The molecule has 1 atom stereocenters. The van der Waals surface area contributed by atoms with Crippen molar-refractivity contribution in [1.82, 2.24) is 10.3 Å². The molecule has 0 bridgehead atoms. The van der Waals surface area contributed by atoms with Crippen molar-refractivity contribution in [3.8, 4) is 0 Å². The zero-order valence-electron chi connectivity index (χ0n) is 12.8.